The Hall–Kier alpha value is -2.71. The van der Waals surface area contributed by atoms with E-state index in [1.165, 1.54) is 19.2 Å². The summed E-state index contributed by atoms with van der Waals surface area (Å²) < 4.78 is 14.1. The highest BCUT2D eigenvalue weighted by Crippen LogP contribution is 2.35. The van der Waals surface area contributed by atoms with E-state index in [4.69, 9.17) is 11.6 Å². The van der Waals surface area contributed by atoms with Gasteiger partial charge >= 0.3 is 6.03 Å². The molecule has 2 heterocycles. The van der Waals surface area contributed by atoms with Crippen LogP contribution in [0.25, 0.3) is 0 Å². The number of hydrogen-bond acceptors (Lipinski definition) is 4. The van der Waals surface area contributed by atoms with Gasteiger partial charge < -0.3 is 10.6 Å². The van der Waals surface area contributed by atoms with Crippen LogP contribution in [0.2, 0.25) is 5.02 Å². The minimum Gasteiger partial charge on any atom is -0.354 e. The maximum absolute atomic E-state index is 14.1. The van der Waals surface area contributed by atoms with Crippen LogP contribution in [0.15, 0.2) is 36.4 Å². The van der Waals surface area contributed by atoms with Gasteiger partial charge in [0.25, 0.3) is 5.91 Å². The molecule has 3 amide bonds. The van der Waals surface area contributed by atoms with Gasteiger partial charge in [0, 0.05) is 19.6 Å². The van der Waals surface area contributed by atoms with Crippen LogP contribution in [-0.2, 0) is 0 Å². The van der Waals surface area contributed by atoms with E-state index in [2.05, 4.69) is 39.7 Å². The van der Waals surface area contributed by atoms with Crippen LogP contribution >= 0.6 is 11.6 Å². The fourth-order valence-electron chi connectivity index (χ4n) is 3.75. The molecule has 1 saturated heterocycles. The minimum absolute atomic E-state index is 0.0668. The molecular weight excluding hydrogens is 409 g/mol. The van der Waals surface area contributed by atoms with Crippen LogP contribution in [0, 0.1) is 5.82 Å². The molecular formula is C21H25ClFN5O2. The molecule has 2 atom stereocenters. The minimum atomic E-state index is -0.483. The summed E-state index contributed by atoms with van der Waals surface area (Å²) in [5.41, 5.74) is 0.963. The molecule has 0 radical (unpaired) electrons. The molecule has 0 unspecified atom stereocenters. The number of benzene rings is 1. The molecule has 9 heteroatoms. The zero-order chi connectivity index (χ0) is 21.8. The van der Waals surface area contributed by atoms with Gasteiger partial charge in [0.05, 0.1) is 17.1 Å². The molecule has 1 aliphatic rings. The van der Waals surface area contributed by atoms with Crippen molar-refractivity contribution in [2.45, 2.75) is 38.4 Å². The van der Waals surface area contributed by atoms with Crippen molar-refractivity contribution < 1.29 is 14.0 Å². The van der Waals surface area contributed by atoms with Crippen LogP contribution in [0.3, 0.4) is 0 Å². The summed E-state index contributed by atoms with van der Waals surface area (Å²) >= 11 is 5.84. The number of carbonyl (C=O) groups excluding carboxylic acids is 2. The number of pyridine rings is 1. The molecule has 160 valence electrons. The predicted molar refractivity (Wildman–Crippen MR) is 114 cm³/mol. The quantitative estimate of drug-likeness (QED) is 0.672. The molecule has 1 fully saturated rings. The van der Waals surface area contributed by atoms with Crippen molar-refractivity contribution >= 4 is 29.4 Å². The molecule has 0 aliphatic carbocycles. The number of amides is 3. The first-order chi connectivity index (χ1) is 14.3. The Labute approximate surface area is 180 Å². The average molecular weight is 434 g/mol. The number of rotatable bonds is 5. The lowest BCUT2D eigenvalue weighted by molar-refractivity contribution is 0.0958. The fourth-order valence-corrected chi connectivity index (χ4v) is 3.86. The summed E-state index contributed by atoms with van der Waals surface area (Å²) in [6.45, 7) is 4.90. The van der Waals surface area contributed by atoms with Crippen LogP contribution in [0.1, 0.15) is 42.4 Å². The van der Waals surface area contributed by atoms with E-state index in [9.17, 15) is 14.0 Å². The maximum atomic E-state index is 14.1. The number of aromatic nitrogens is 1. The Bertz CT molecular complexity index is 939. The topological polar surface area (TPSA) is 86.4 Å². The molecule has 1 aromatic heterocycles. The van der Waals surface area contributed by atoms with Crippen molar-refractivity contribution in [2.24, 2.45) is 0 Å². The molecule has 1 aliphatic heterocycles. The number of carbonyl (C=O) groups is 2. The molecule has 0 saturated carbocycles. The fraction of sp³-hybridized carbons (Fsp3) is 0.381. The Balaban J connectivity index is 1.76. The van der Waals surface area contributed by atoms with Gasteiger partial charge in [-0.25, -0.2) is 14.2 Å². The van der Waals surface area contributed by atoms with Gasteiger partial charge in [-0.15, -0.1) is 0 Å². The highest BCUT2D eigenvalue weighted by Gasteiger charge is 2.37. The lowest BCUT2D eigenvalue weighted by Crippen LogP contribution is -2.43. The van der Waals surface area contributed by atoms with Crippen LogP contribution in [0.4, 0.5) is 15.0 Å². The van der Waals surface area contributed by atoms with E-state index in [1.54, 1.807) is 24.3 Å². The largest absolute Gasteiger partial charge is 0.354 e. The average Bonchev–Trinajstić information content (AvgIpc) is 3.13. The zero-order valence-electron chi connectivity index (χ0n) is 17.1. The Morgan fingerprint density at radius 3 is 2.70 bits per heavy atom. The maximum Gasteiger partial charge on any atom is 0.320 e. The van der Waals surface area contributed by atoms with Crippen LogP contribution in [-0.4, -0.2) is 47.5 Å². The van der Waals surface area contributed by atoms with Crippen molar-refractivity contribution in [3.8, 4) is 0 Å². The third kappa shape index (κ3) is 4.88. The number of nitrogens with zero attached hydrogens (tertiary/aromatic N) is 2. The summed E-state index contributed by atoms with van der Waals surface area (Å²) in [7, 11) is 1.51. The van der Waals surface area contributed by atoms with Crippen molar-refractivity contribution in [3.63, 3.8) is 0 Å². The Morgan fingerprint density at radius 1 is 1.27 bits per heavy atom. The molecule has 3 N–H and O–H groups in total. The Kier molecular flexibility index (Phi) is 6.89. The number of halogens is 2. The summed E-state index contributed by atoms with van der Waals surface area (Å²) in [5, 5.41) is 8.20. The number of likely N-dealkylation sites (tertiary alicyclic amines) is 1. The SMILES string of the molecule is CNC(=O)c1cccc(NC(=O)N[C@H]2CCN(C(C)C)[C@@H]2c2ccc(Cl)c(F)c2)n1. The van der Waals surface area contributed by atoms with Gasteiger partial charge in [-0.05, 0) is 50.1 Å². The first-order valence-electron chi connectivity index (χ1n) is 9.77. The zero-order valence-corrected chi connectivity index (χ0v) is 17.8. The molecule has 0 bridgehead atoms. The van der Waals surface area contributed by atoms with E-state index in [-0.39, 0.29) is 40.6 Å². The van der Waals surface area contributed by atoms with Crippen LogP contribution in [0.5, 0.6) is 0 Å². The van der Waals surface area contributed by atoms with E-state index >= 15 is 0 Å². The monoisotopic (exact) mass is 433 g/mol. The van der Waals surface area contributed by atoms with E-state index in [1.807, 2.05) is 0 Å². The predicted octanol–water partition coefficient (Wildman–Crippen LogP) is 3.58. The van der Waals surface area contributed by atoms with Gasteiger partial charge in [-0.3, -0.25) is 15.0 Å². The molecule has 2 aromatic rings. The second-order valence-electron chi connectivity index (χ2n) is 7.43. The van der Waals surface area contributed by atoms with Gasteiger partial charge in [-0.1, -0.05) is 23.7 Å². The second-order valence-corrected chi connectivity index (χ2v) is 7.84. The van der Waals surface area contributed by atoms with Gasteiger partial charge in [0.1, 0.15) is 17.3 Å². The smallest absolute Gasteiger partial charge is 0.320 e. The highest BCUT2D eigenvalue weighted by atomic mass is 35.5. The van der Waals surface area contributed by atoms with E-state index in [0.717, 1.165) is 12.1 Å². The normalized spacial score (nSPS) is 19.0. The summed E-state index contributed by atoms with van der Waals surface area (Å²) in [5.74, 6) is -0.558. The van der Waals surface area contributed by atoms with Crippen LogP contribution < -0.4 is 16.0 Å². The van der Waals surface area contributed by atoms with Crippen molar-refractivity contribution in [2.75, 3.05) is 18.9 Å². The number of nitrogens with one attached hydrogen (secondary N) is 3. The third-order valence-corrected chi connectivity index (χ3v) is 5.46. The summed E-state index contributed by atoms with van der Waals surface area (Å²) in [6, 6.07) is 8.92. The first-order valence-corrected chi connectivity index (χ1v) is 10.1. The summed E-state index contributed by atoms with van der Waals surface area (Å²) in [6.07, 6.45) is 0.715. The number of urea groups is 1. The Morgan fingerprint density at radius 2 is 2.03 bits per heavy atom. The van der Waals surface area contributed by atoms with Gasteiger partial charge in [0.15, 0.2) is 0 Å². The van der Waals surface area contributed by atoms with E-state index in [0.29, 0.717) is 6.42 Å². The van der Waals surface area contributed by atoms with Crippen molar-refractivity contribution in [1.82, 2.24) is 20.5 Å². The molecule has 7 nitrogen and oxygen atoms in total. The standard InChI is InChI=1S/C21H25ClFN5O2/c1-12(2)28-10-9-16(19(28)13-7-8-14(22)15(23)11-13)26-21(30)27-18-6-4-5-17(25-18)20(29)24-3/h4-8,11-12,16,19H,9-10H2,1-3H3,(H,24,29)(H2,25,26,27,30)/t16-,19+/m0/s1. The highest BCUT2D eigenvalue weighted by molar-refractivity contribution is 6.30. The van der Waals surface area contributed by atoms with Gasteiger partial charge in [0.2, 0.25) is 0 Å². The van der Waals surface area contributed by atoms with E-state index < -0.39 is 11.8 Å². The number of anilines is 1. The molecule has 3 rings (SSSR count). The molecule has 1 aromatic carbocycles. The first kappa shape index (κ1) is 22.0. The van der Waals surface area contributed by atoms with Gasteiger partial charge in [-0.2, -0.15) is 0 Å². The lowest BCUT2D eigenvalue weighted by atomic mass is 9.99. The summed E-state index contributed by atoms with van der Waals surface area (Å²) in [4.78, 5) is 30.7. The molecule has 30 heavy (non-hydrogen) atoms. The van der Waals surface area contributed by atoms with Crippen molar-refractivity contribution in [1.29, 1.82) is 0 Å². The molecule has 0 spiro atoms. The number of hydrogen-bond donors (Lipinski definition) is 3. The second kappa shape index (κ2) is 9.40. The lowest BCUT2D eigenvalue weighted by Gasteiger charge is -2.32. The van der Waals surface area contributed by atoms with Crippen molar-refractivity contribution in [3.05, 3.63) is 58.5 Å². The third-order valence-electron chi connectivity index (χ3n) is 5.15.